The maximum absolute atomic E-state index is 6.08. The van der Waals surface area contributed by atoms with Crippen LogP contribution in [0.25, 0.3) is 10.2 Å². The van der Waals surface area contributed by atoms with Crippen LogP contribution >= 0.6 is 11.3 Å². The number of rotatable bonds is 4. The smallest absolute Gasteiger partial charge is 0.0907 e. The molecule has 0 aliphatic carbocycles. The summed E-state index contributed by atoms with van der Waals surface area (Å²) in [6, 6.07) is 4.05. The number of hydrogen-bond acceptors (Lipinski definition) is 5. The van der Waals surface area contributed by atoms with Gasteiger partial charge in [-0.2, -0.15) is 0 Å². The monoisotopic (exact) mass is 277 g/mol. The Labute approximate surface area is 117 Å². The van der Waals surface area contributed by atoms with Crippen molar-refractivity contribution >= 4 is 32.9 Å². The molecule has 1 aromatic heterocycles. The molecule has 1 aromatic carbocycles. The first-order valence-corrected chi connectivity index (χ1v) is 7.56. The highest BCUT2D eigenvalue weighted by atomic mass is 32.1. The second kappa shape index (κ2) is 5.35. The summed E-state index contributed by atoms with van der Waals surface area (Å²) >= 11 is 1.68. The van der Waals surface area contributed by atoms with Gasteiger partial charge < -0.3 is 15.8 Å². The van der Waals surface area contributed by atoms with Gasteiger partial charge in [0.15, 0.2) is 0 Å². The summed E-state index contributed by atoms with van der Waals surface area (Å²) in [5.41, 5.74) is 8.88. The van der Waals surface area contributed by atoms with Gasteiger partial charge in [0.1, 0.15) is 0 Å². The normalized spacial score (nSPS) is 19.1. The van der Waals surface area contributed by atoms with Gasteiger partial charge >= 0.3 is 0 Å². The molecule has 0 saturated carbocycles. The molecule has 4 nitrogen and oxygen atoms in total. The number of nitrogens with one attached hydrogen (secondary N) is 1. The van der Waals surface area contributed by atoms with Crippen molar-refractivity contribution in [2.75, 3.05) is 24.2 Å². The van der Waals surface area contributed by atoms with Crippen molar-refractivity contribution in [1.82, 2.24) is 4.98 Å². The van der Waals surface area contributed by atoms with Gasteiger partial charge in [-0.25, -0.2) is 4.98 Å². The predicted molar refractivity (Wildman–Crippen MR) is 80.9 cm³/mol. The Kier molecular flexibility index (Phi) is 3.57. The van der Waals surface area contributed by atoms with Crippen LogP contribution in [0.4, 0.5) is 11.4 Å². The fourth-order valence-electron chi connectivity index (χ4n) is 2.50. The molecule has 2 heterocycles. The summed E-state index contributed by atoms with van der Waals surface area (Å²) in [6.45, 7) is 3.83. The molecule has 1 saturated heterocycles. The van der Waals surface area contributed by atoms with Gasteiger partial charge in [-0.3, -0.25) is 0 Å². The zero-order valence-electron chi connectivity index (χ0n) is 11.1. The van der Waals surface area contributed by atoms with Gasteiger partial charge in [-0.15, -0.1) is 11.3 Å². The number of ether oxygens (including phenoxy) is 1. The van der Waals surface area contributed by atoms with E-state index in [0.29, 0.717) is 6.10 Å². The van der Waals surface area contributed by atoms with Gasteiger partial charge in [0.05, 0.1) is 32.7 Å². The molecule has 19 heavy (non-hydrogen) atoms. The quantitative estimate of drug-likeness (QED) is 0.843. The van der Waals surface area contributed by atoms with Crippen LogP contribution in [-0.2, 0) is 4.74 Å². The van der Waals surface area contributed by atoms with Crippen molar-refractivity contribution in [2.24, 2.45) is 0 Å². The molecule has 1 fully saturated rings. The zero-order chi connectivity index (χ0) is 13.2. The van der Waals surface area contributed by atoms with Crippen LogP contribution in [0, 0.1) is 6.92 Å². The molecule has 2 aromatic rings. The minimum Gasteiger partial charge on any atom is -0.397 e. The number of fused-ring (bicyclic) bond motifs is 1. The first-order chi connectivity index (χ1) is 9.22. The first-order valence-electron chi connectivity index (χ1n) is 6.74. The van der Waals surface area contributed by atoms with E-state index in [-0.39, 0.29) is 0 Å². The Bertz CT molecular complexity index is 575. The molecule has 1 aliphatic rings. The van der Waals surface area contributed by atoms with E-state index in [9.17, 15) is 0 Å². The molecular formula is C14H19N3OS. The lowest BCUT2D eigenvalue weighted by atomic mass is 10.2. The Hall–Kier alpha value is -1.33. The summed E-state index contributed by atoms with van der Waals surface area (Å²) in [5, 5.41) is 4.48. The van der Waals surface area contributed by atoms with Crippen molar-refractivity contribution in [1.29, 1.82) is 0 Å². The molecule has 1 aliphatic heterocycles. The average Bonchev–Trinajstić information content (AvgIpc) is 2.98. The van der Waals surface area contributed by atoms with Crippen molar-refractivity contribution in [3.05, 3.63) is 17.1 Å². The standard InChI is InChI=1S/C14H19N3OS/c1-9-17-13-8-12(11(15)7-14(13)19-9)16-5-4-10-3-2-6-18-10/h7-8,10,16H,2-6,15H2,1H3. The Morgan fingerprint density at radius 2 is 2.42 bits per heavy atom. The SMILES string of the molecule is Cc1nc2cc(NCCC3CCCO3)c(N)cc2s1. The maximum Gasteiger partial charge on any atom is 0.0907 e. The molecule has 3 rings (SSSR count). The van der Waals surface area contributed by atoms with Gasteiger partial charge in [0.25, 0.3) is 0 Å². The number of hydrogen-bond donors (Lipinski definition) is 2. The molecule has 1 atom stereocenters. The first kappa shape index (κ1) is 12.7. The Morgan fingerprint density at radius 3 is 3.21 bits per heavy atom. The summed E-state index contributed by atoms with van der Waals surface area (Å²) in [5.74, 6) is 0. The third kappa shape index (κ3) is 2.82. The molecule has 1 unspecified atom stereocenters. The van der Waals surface area contributed by atoms with Crippen molar-refractivity contribution < 1.29 is 4.74 Å². The van der Waals surface area contributed by atoms with Gasteiger partial charge in [0, 0.05) is 13.2 Å². The van der Waals surface area contributed by atoms with Crippen LogP contribution in [0.2, 0.25) is 0 Å². The number of benzene rings is 1. The van der Waals surface area contributed by atoms with Crippen molar-refractivity contribution in [3.63, 3.8) is 0 Å². The van der Waals surface area contributed by atoms with Gasteiger partial charge in [0.2, 0.25) is 0 Å². The molecule has 102 valence electrons. The van der Waals surface area contributed by atoms with Crippen LogP contribution in [0.5, 0.6) is 0 Å². The van der Waals surface area contributed by atoms with Crippen LogP contribution in [-0.4, -0.2) is 24.2 Å². The Balaban J connectivity index is 1.67. The topological polar surface area (TPSA) is 60.2 Å². The lowest BCUT2D eigenvalue weighted by Gasteiger charge is -2.12. The Morgan fingerprint density at radius 1 is 1.53 bits per heavy atom. The molecule has 0 amide bonds. The second-order valence-electron chi connectivity index (χ2n) is 4.99. The van der Waals surface area contributed by atoms with E-state index in [0.717, 1.165) is 46.2 Å². The summed E-state index contributed by atoms with van der Waals surface area (Å²) in [4.78, 5) is 4.50. The highest BCUT2D eigenvalue weighted by Gasteiger charge is 2.15. The summed E-state index contributed by atoms with van der Waals surface area (Å²) in [6.07, 6.45) is 3.82. The predicted octanol–water partition coefficient (Wildman–Crippen LogP) is 3.17. The van der Waals surface area contributed by atoms with Crippen LogP contribution in [0.1, 0.15) is 24.3 Å². The van der Waals surface area contributed by atoms with E-state index < -0.39 is 0 Å². The number of nitrogen functional groups attached to an aromatic ring is 1. The fraction of sp³-hybridized carbons (Fsp3) is 0.500. The maximum atomic E-state index is 6.08. The zero-order valence-corrected chi connectivity index (χ0v) is 11.9. The number of anilines is 2. The van der Waals surface area contributed by atoms with E-state index in [1.807, 2.05) is 19.1 Å². The van der Waals surface area contributed by atoms with E-state index in [1.54, 1.807) is 11.3 Å². The second-order valence-corrected chi connectivity index (χ2v) is 6.23. The minimum atomic E-state index is 0.416. The molecule has 0 spiro atoms. The van der Waals surface area contributed by atoms with E-state index in [2.05, 4.69) is 10.3 Å². The third-order valence-electron chi connectivity index (χ3n) is 3.47. The minimum absolute atomic E-state index is 0.416. The average molecular weight is 277 g/mol. The number of aromatic nitrogens is 1. The van der Waals surface area contributed by atoms with E-state index >= 15 is 0 Å². The lowest BCUT2D eigenvalue weighted by Crippen LogP contribution is -2.13. The molecule has 0 bridgehead atoms. The molecular weight excluding hydrogens is 258 g/mol. The van der Waals surface area contributed by atoms with Gasteiger partial charge in [-0.1, -0.05) is 0 Å². The van der Waals surface area contributed by atoms with E-state index in [1.165, 1.54) is 12.8 Å². The van der Waals surface area contributed by atoms with E-state index in [4.69, 9.17) is 10.5 Å². The third-order valence-corrected chi connectivity index (χ3v) is 4.41. The van der Waals surface area contributed by atoms with Crippen molar-refractivity contribution in [2.45, 2.75) is 32.3 Å². The fourth-order valence-corrected chi connectivity index (χ4v) is 3.36. The number of thiazole rings is 1. The largest absolute Gasteiger partial charge is 0.397 e. The molecule has 5 heteroatoms. The van der Waals surface area contributed by atoms with Crippen LogP contribution < -0.4 is 11.1 Å². The van der Waals surface area contributed by atoms with Gasteiger partial charge in [-0.05, 0) is 38.3 Å². The molecule has 0 radical (unpaired) electrons. The lowest BCUT2D eigenvalue weighted by molar-refractivity contribution is 0.107. The van der Waals surface area contributed by atoms with Crippen LogP contribution in [0.3, 0.4) is 0 Å². The summed E-state index contributed by atoms with van der Waals surface area (Å²) in [7, 11) is 0. The summed E-state index contributed by atoms with van der Waals surface area (Å²) < 4.78 is 6.77. The highest BCUT2D eigenvalue weighted by molar-refractivity contribution is 7.18. The van der Waals surface area contributed by atoms with Crippen LogP contribution in [0.15, 0.2) is 12.1 Å². The highest BCUT2D eigenvalue weighted by Crippen LogP contribution is 2.29. The number of aryl methyl sites for hydroxylation is 1. The van der Waals surface area contributed by atoms with Crippen molar-refractivity contribution in [3.8, 4) is 0 Å². The molecule has 3 N–H and O–H groups in total. The number of nitrogens with two attached hydrogens (primary N) is 1. The number of nitrogens with zero attached hydrogens (tertiary/aromatic N) is 1.